The quantitative estimate of drug-likeness (QED) is 0.671. The maximum atomic E-state index is 12.6. The molecule has 1 unspecified atom stereocenters. The number of benzene rings is 1. The Morgan fingerprint density at radius 2 is 1.93 bits per heavy atom. The lowest BCUT2D eigenvalue weighted by Crippen LogP contribution is -2.48. The second-order valence-corrected chi connectivity index (χ2v) is 7.00. The van der Waals surface area contributed by atoms with E-state index in [9.17, 15) is 14.4 Å². The van der Waals surface area contributed by atoms with Crippen molar-refractivity contribution >= 4 is 23.5 Å². The van der Waals surface area contributed by atoms with E-state index < -0.39 is 18.0 Å². The van der Waals surface area contributed by atoms with Crippen molar-refractivity contribution in [1.29, 1.82) is 0 Å². The number of anilines is 1. The Labute approximate surface area is 159 Å². The summed E-state index contributed by atoms with van der Waals surface area (Å²) in [6.45, 7) is 5.09. The molecule has 1 aromatic carbocycles. The number of carbonyl (C=O) groups is 3. The fourth-order valence-corrected chi connectivity index (χ4v) is 2.90. The van der Waals surface area contributed by atoms with Gasteiger partial charge < -0.3 is 15.4 Å². The number of nitrogens with zero attached hydrogens (tertiary/aromatic N) is 1. The standard InChI is InChI=1S/C19H28N4O4/c1-13(2)11-20-19(26)22-17(24)12-23-10-4-5-16(23)18(25)21-14-6-8-15(27-3)9-7-14/h6-9,13,16H,4-5,10-12H2,1-3H3,(H,21,25)(H2,20,22,24,26). The molecule has 1 aliphatic rings. The van der Waals surface area contributed by atoms with Crippen molar-refractivity contribution in [2.24, 2.45) is 5.92 Å². The molecule has 3 N–H and O–H groups in total. The third-order valence-corrected chi connectivity index (χ3v) is 4.29. The number of ether oxygens (including phenoxy) is 1. The lowest BCUT2D eigenvalue weighted by atomic mass is 10.2. The Morgan fingerprint density at radius 3 is 2.56 bits per heavy atom. The number of urea groups is 1. The third-order valence-electron chi connectivity index (χ3n) is 4.29. The molecule has 0 bridgehead atoms. The van der Waals surface area contributed by atoms with Gasteiger partial charge in [0.25, 0.3) is 0 Å². The topological polar surface area (TPSA) is 99.8 Å². The molecular formula is C19H28N4O4. The van der Waals surface area contributed by atoms with Gasteiger partial charge in [0, 0.05) is 12.2 Å². The van der Waals surface area contributed by atoms with Crippen LogP contribution in [0.4, 0.5) is 10.5 Å². The van der Waals surface area contributed by atoms with Gasteiger partial charge >= 0.3 is 6.03 Å². The number of rotatable bonds is 7. The van der Waals surface area contributed by atoms with Crippen LogP contribution in [-0.4, -0.2) is 55.5 Å². The van der Waals surface area contributed by atoms with Crippen LogP contribution < -0.4 is 20.7 Å². The summed E-state index contributed by atoms with van der Waals surface area (Å²) in [6, 6.07) is 6.17. The zero-order valence-corrected chi connectivity index (χ0v) is 16.1. The summed E-state index contributed by atoms with van der Waals surface area (Å²) in [6.07, 6.45) is 1.50. The number of hydrogen-bond donors (Lipinski definition) is 3. The minimum absolute atomic E-state index is 0.00972. The summed E-state index contributed by atoms with van der Waals surface area (Å²) in [4.78, 5) is 38.1. The summed E-state index contributed by atoms with van der Waals surface area (Å²) < 4.78 is 5.10. The number of carbonyl (C=O) groups excluding carboxylic acids is 3. The van der Waals surface area contributed by atoms with Gasteiger partial charge in [-0.2, -0.15) is 0 Å². The van der Waals surface area contributed by atoms with E-state index in [0.717, 1.165) is 6.42 Å². The van der Waals surface area contributed by atoms with Crippen molar-refractivity contribution in [3.8, 4) is 5.75 Å². The molecule has 148 valence electrons. The molecule has 1 heterocycles. The Bertz CT molecular complexity index is 660. The summed E-state index contributed by atoms with van der Waals surface area (Å²) >= 11 is 0. The molecule has 1 aliphatic heterocycles. The smallest absolute Gasteiger partial charge is 0.321 e. The van der Waals surface area contributed by atoms with Gasteiger partial charge in [0.1, 0.15) is 5.75 Å². The van der Waals surface area contributed by atoms with Crippen LogP contribution in [0, 0.1) is 5.92 Å². The Kier molecular flexibility index (Phi) is 7.60. The first-order chi connectivity index (χ1) is 12.9. The second kappa shape index (κ2) is 9.91. The first kappa shape index (κ1) is 20.7. The molecule has 0 radical (unpaired) electrons. The Balaban J connectivity index is 1.85. The molecule has 1 aromatic rings. The molecule has 0 saturated carbocycles. The maximum Gasteiger partial charge on any atom is 0.321 e. The van der Waals surface area contributed by atoms with Gasteiger partial charge in [0.05, 0.1) is 19.7 Å². The van der Waals surface area contributed by atoms with E-state index in [4.69, 9.17) is 4.74 Å². The average molecular weight is 376 g/mol. The van der Waals surface area contributed by atoms with Crippen molar-refractivity contribution < 1.29 is 19.1 Å². The molecule has 1 atom stereocenters. The molecule has 0 aliphatic carbocycles. The van der Waals surface area contributed by atoms with Crippen LogP contribution in [0.3, 0.4) is 0 Å². The first-order valence-electron chi connectivity index (χ1n) is 9.15. The summed E-state index contributed by atoms with van der Waals surface area (Å²) in [5.74, 6) is 0.438. The van der Waals surface area contributed by atoms with Crippen molar-refractivity contribution in [2.45, 2.75) is 32.7 Å². The summed E-state index contributed by atoms with van der Waals surface area (Å²) in [5, 5.41) is 7.81. The molecule has 8 heteroatoms. The van der Waals surface area contributed by atoms with Crippen LogP contribution in [0.15, 0.2) is 24.3 Å². The highest BCUT2D eigenvalue weighted by Crippen LogP contribution is 2.20. The number of amides is 4. The van der Waals surface area contributed by atoms with Crippen molar-refractivity contribution in [3.63, 3.8) is 0 Å². The van der Waals surface area contributed by atoms with Crippen LogP contribution in [0.1, 0.15) is 26.7 Å². The molecule has 0 aromatic heterocycles. The van der Waals surface area contributed by atoms with Gasteiger partial charge in [-0.05, 0) is 49.6 Å². The monoisotopic (exact) mass is 376 g/mol. The van der Waals surface area contributed by atoms with Crippen LogP contribution in [-0.2, 0) is 9.59 Å². The van der Waals surface area contributed by atoms with E-state index in [-0.39, 0.29) is 12.5 Å². The zero-order chi connectivity index (χ0) is 19.8. The van der Waals surface area contributed by atoms with Gasteiger partial charge in [-0.15, -0.1) is 0 Å². The number of imide groups is 1. The highest BCUT2D eigenvalue weighted by Gasteiger charge is 2.32. The van der Waals surface area contributed by atoms with Crippen molar-refractivity contribution in [1.82, 2.24) is 15.5 Å². The minimum Gasteiger partial charge on any atom is -0.497 e. The summed E-state index contributed by atoms with van der Waals surface area (Å²) in [5.41, 5.74) is 0.671. The SMILES string of the molecule is COc1ccc(NC(=O)C2CCCN2CC(=O)NC(=O)NCC(C)C)cc1. The van der Waals surface area contributed by atoms with Crippen LogP contribution in [0.2, 0.25) is 0 Å². The van der Waals surface area contributed by atoms with Crippen molar-refractivity contribution in [3.05, 3.63) is 24.3 Å². The van der Waals surface area contributed by atoms with E-state index in [1.807, 2.05) is 13.8 Å². The lowest BCUT2D eigenvalue weighted by molar-refractivity contribution is -0.124. The Morgan fingerprint density at radius 1 is 1.22 bits per heavy atom. The molecule has 4 amide bonds. The number of likely N-dealkylation sites (tertiary alicyclic amines) is 1. The highest BCUT2D eigenvalue weighted by atomic mass is 16.5. The highest BCUT2D eigenvalue weighted by molar-refractivity contribution is 5.97. The normalized spacial score (nSPS) is 16.8. The summed E-state index contributed by atoms with van der Waals surface area (Å²) in [7, 11) is 1.58. The fraction of sp³-hybridized carbons (Fsp3) is 0.526. The predicted octanol–water partition coefficient (Wildman–Crippen LogP) is 1.58. The number of nitrogens with one attached hydrogen (secondary N) is 3. The van der Waals surface area contributed by atoms with Gasteiger partial charge in [-0.25, -0.2) is 4.79 Å². The fourth-order valence-electron chi connectivity index (χ4n) is 2.90. The van der Waals surface area contributed by atoms with Gasteiger partial charge in [0.15, 0.2) is 0 Å². The zero-order valence-electron chi connectivity index (χ0n) is 16.1. The molecule has 1 saturated heterocycles. The molecule has 2 rings (SSSR count). The van der Waals surface area contributed by atoms with Crippen LogP contribution in [0.25, 0.3) is 0 Å². The molecule has 8 nitrogen and oxygen atoms in total. The second-order valence-electron chi connectivity index (χ2n) is 7.00. The maximum absolute atomic E-state index is 12.6. The molecular weight excluding hydrogens is 348 g/mol. The predicted molar refractivity (Wildman–Crippen MR) is 103 cm³/mol. The van der Waals surface area contributed by atoms with Gasteiger partial charge in [-0.1, -0.05) is 13.8 Å². The molecule has 27 heavy (non-hydrogen) atoms. The molecule has 1 fully saturated rings. The average Bonchev–Trinajstić information content (AvgIpc) is 3.08. The van der Waals surface area contributed by atoms with Gasteiger partial charge in [-0.3, -0.25) is 19.8 Å². The van der Waals surface area contributed by atoms with Crippen LogP contribution >= 0.6 is 0 Å². The number of methoxy groups -OCH3 is 1. The number of hydrogen-bond acceptors (Lipinski definition) is 5. The van der Waals surface area contributed by atoms with Crippen LogP contribution in [0.5, 0.6) is 5.75 Å². The van der Waals surface area contributed by atoms with E-state index in [1.54, 1.807) is 36.3 Å². The van der Waals surface area contributed by atoms with E-state index in [1.165, 1.54) is 0 Å². The van der Waals surface area contributed by atoms with E-state index in [2.05, 4.69) is 16.0 Å². The van der Waals surface area contributed by atoms with Gasteiger partial charge in [0.2, 0.25) is 11.8 Å². The third kappa shape index (κ3) is 6.56. The first-order valence-corrected chi connectivity index (χ1v) is 9.15. The van der Waals surface area contributed by atoms with E-state index >= 15 is 0 Å². The lowest BCUT2D eigenvalue weighted by Gasteiger charge is -2.23. The minimum atomic E-state index is -0.507. The Hall–Kier alpha value is -2.61. The van der Waals surface area contributed by atoms with Crippen molar-refractivity contribution in [2.75, 3.05) is 32.1 Å². The molecule has 0 spiro atoms. The van der Waals surface area contributed by atoms with E-state index in [0.29, 0.717) is 36.9 Å². The largest absolute Gasteiger partial charge is 0.497 e.